The van der Waals surface area contributed by atoms with Crippen molar-refractivity contribution in [1.82, 2.24) is 0 Å². The van der Waals surface area contributed by atoms with Gasteiger partial charge in [-0.15, -0.1) is 0 Å². The maximum atomic E-state index is 13.4. The fourth-order valence-electron chi connectivity index (χ4n) is 3.90. The van der Waals surface area contributed by atoms with Crippen LogP contribution in [0.4, 0.5) is 0 Å². The number of sulfone groups is 1. The van der Waals surface area contributed by atoms with Crippen molar-refractivity contribution in [3.63, 3.8) is 0 Å². The molecule has 1 heterocycles. The monoisotopic (exact) mass is 426 g/mol. The van der Waals surface area contributed by atoms with Gasteiger partial charge in [-0.1, -0.05) is 84.9 Å². The molecule has 0 saturated carbocycles. The smallest absolute Gasteiger partial charge is 0.197 e. The Hall–Kier alpha value is -3.70. The van der Waals surface area contributed by atoms with E-state index in [1.807, 2.05) is 36.4 Å². The van der Waals surface area contributed by atoms with Gasteiger partial charge in [0.05, 0.1) is 10.5 Å². The Bertz CT molecular complexity index is 1520. The number of benzene rings is 4. The van der Waals surface area contributed by atoms with Gasteiger partial charge in [0.25, 0.3) is 0 Å². The highest BCUT2D eigenvalue weighted by Crippen LogP contribution is 2.32. The highest BCUT2D eigenvalue weighted by molar-refractivity contribution is 7.90. The molecule has 4 aromatic carbocycles. The highest BCUT2D eigenvalue weighted by atomic mass is 32.2. The summed E-state index contributed by atoms with van der Waals surface area (Å²) >= 11 is 0. The van der Waals surface area contributed by atoms with Gasteiger partial charge in [-0.05, 0) is 17.5 Å². The van der Waals surface area contributed by atoms with Crippen LogP contribution in [0.25, 0.3) is 21.7 Å². The number of fused-ring (bicyclic) bond motifs is 2. The molecule has 4 nitrogen and oxygen atoms in total. The number of ketones is 1. The van der Waals surface area contributed by atoms with Crippen molar-refractivity contribution in [2.45, 2.75) is 10.6 Å². The van der Waals surface area contributed by atoms with Gasteiger partial charge in [0, 0.05) is 16.3 Å². The van der Waals surface area contributed by atoms with Crippen LogP contribution >= 0.6 is 0 Å². The Balaban J connectivity index is 1.66. The summed E-state index contributed by atoms with van der Waals surface area (Å²) in [5.41, 5.74) is 1.27. The molecule has 0 unspecified atom stereocenters. The number of hydrogen-bond acceptors (Lipinski definition) is 4. The predicted molar refractivity (Wildman–Crippen MR) is 121 cm³/mol. The molecule has 5 aromatic rings. The van der Waals surface area contributed by atoms with Crippen molar-refractivity contribution in [1.29, 1.82) is 0 Å². The molecule has 0 aliphatic carbocycles. The Kier molecular flexibility index (Phi) is 4.68. The topological polar surface area (TPSA) is 64.3 Å². The van der Waals surface area contributed by atoms with Crippen LogP contribution < -0.4 is 0 Å². The summed E-state index contributed by atoms with van der Waals surface area (Å²) in [5.74, 6) is -0.500. The lowest BCUT2D eigenvalue weighted by molar-refractivity contribution is 0.103. The highest BCUT2D eigenvalue weighted by Gasteiger charge is 2.27. The number of furan rings is 1. The van der Waals surface area contributed by atoms with Crippen molar-refractivity contribution in [3.8, 4) is 0 Å². The Labute approximate surface area is 179 Å². The van der Waals surface area contributed by atoms with Crippen LogP contribution in [0.3, 0.4) is 0 Å². The van der Waals surface area contributed by atoms with Crippen molar-refractivity contribution in [3.05, 3.63) is 114 Å². The lowest BCUT2D eigenvalue weighted by Crippen LogP contribution is -2.09. The first-order valence-corrected chi connectivity index (χ1v) is 11.5. The number of hydrogen-bond donors (Lipinski definition) is 0. The van der Waals surface area contributed by atoms with Gasteiger partial charge in [0.15, 0.2) is 15.6 Å². The first kappa shape index (κ1) is 19.3. The van der Waals surface area contributed by atoms with Crippen LogP contribution in [0.1, 0.15) is 21.7 Å². The van der Waals surface area contributed by atoms with Crippen molar-refractivity contribution in [2.75, 3.05) is 0 Å². The van der Waals surface area contributed by atoms with E-state index in [-0.39, 0.29) is 16.4 Å². The van der Waals surface area contributed by atoms with E-state index in [4.69, 9.17) is 4.42 Å². The number of para-hydroxylation sites is 1. The van der Waals surface area contributed by atoms with Crippen LogP contribution in [-0.4, -0.2) is 14.2 Å². The van der Waals surface area contributed by atoms with Crippen molar-refractivity contribution in [2.24, 2.45) is 0 Å². The van der Waals surface area contributed by atoms with Crippen molar-refractivity contribution >= 4 is 37.4 Å². The predicted octanol–water partition coefficient (Wildman–Crippen LogP) is 5.79. The first-order chi connectivity index (χ1) is 15.0. The summed E-state index contributed by atoms with van der Waals surface area (Å²) in [4.78, 5) is 13.5. The number of carbonyl (C=O) groups is 1. The van der Waals surface area contributed by atoms with Gasteiger partial charge in [0.1, 0.15) is 17.1 Å². The van der Waals surface area contributed by atoms with Crippen LogP contribution in [0.5, 0.6) is 0 Å². The van der Waals surface area contributed by atoms with Crippen LogP contribution in [-0.2, 0) is 15.6 Å². The zero-order chi connectivity index (χ0) is 21.4. The minimum Gasteiger partial charge on any atom is -0.459 e. The third-order valence-electron chi connectivity index (χ3n) is 5.34. The summed E-state index contributed by atoms with van der Waals surface area (Å²) in [6.07, 6.45) is 0. The molecule has 0 aliphatic heterocycles. The van der Waals surface area contributed by atoms with Crippen LogP contribution in [0, 0.1) is 0 Å². The van der Waals surface area contributed by atoms with Gasteiger partial charge in [-0.2, -0.15) is 0 Å². The Morgan fingerprint density at radius 2 is 1.35 bits per heavy atom. The minimum atomic E-state index is -3.77. The van der Waals surface area contributed by atoms with E-state index < -0.39 is 15.6 Å². The standard InChI is InChI=1S/C26H18O4S/c27-26(19-10-2-1-3-11-19)25-21-14-6-7-15-22(21)30-23(25)17-31(28,29)24-16-8-12-18-9-4-5-13-20(18)24/h1-16H,17H2. The molecule has 0 spiro atoms. The average Bonchev–Trinajstić information content (AvgIpc) is 3.15. The largest absolute Gasteiger partial charge is 0.459 e. The molecule has 152 valence electrons. The van der Waals surface area contributed by atoms with E-state index in [2.05, 4.69) is 0 Å². The number of carbonyl (C=O) groups excluding carboxylic acids is 1. The van der Waals surface area contributed by atoms with E-state index >= 15 is 0 Å². The number of rotatable bonds is 5. The zero-order valence-corrected chi connectivity index (χ0v) is 17.3. The fourth-order valence-corrected chi connectivity index (χ4v) is 5.41. The third kappa shape index (κ3) is 3.43. The van der Waals surface area contributed by atoms with E-state index in [0.717, 1.165) is 5.39 Å². The van der Waals surface area contributed by atoms with Gasteiger partial charge in [-0.25, -0.2) is 8.42 Å². The summed E-state index contributed by atoms with van der Waals surface area (Å²) in [6, 6.07) is 28.5. The lowest BCUT2D eigenvalue weighted by Gasteiger charge is -2.08. The molecule has 0 amide bonds. The SMILES string of the molecule is O=C(c1ccccc1)c1c(CS(=O)(=O)c2cccc3ccccc23)oc2ccccc12. The second kappa shape index (κ2) is 7.52. The molecule has 0 bridgehead atoms. The maximum absolute atomic E-state index is 13.4. The molecule has 31 heavy (non-hydrogen) atoms. The van der Waals surface area contributed by atoms with E-state index in [9.17, 15) is 13.2 Å². The fraction of sp³-hybridized carbons (Fsp3) is 0.0385. The van der Waals surface area contributed by atoms with Gasteiger partial charge >= 0.3 is 0 Å². The van der Waals surface area contributed by atoms with Crippen molar-refractivity contribution < 1.29 is 17.6 Å². The third-order valence-corrected chi connectivity index (χ3v) is 7.01. The Morgan fingerprint density at radius 1 is 0.710 bits per heavy atom. The molecular weight excluding hydrogens is 408 g/mol. The molecule has 0 aliphatic rings. The first-order valence-electron chi connectivity index (χ1n) is 9.85. The maximum Gasteiger partial charge on any atom is 0.197 e. The second-order valence-corrected chi connectivity index (χ2v) is 9.29. The molecule has 5 heteroatoms. The summed E-state index contributed by atoms with van der Waals surface area (Å²) in [6.45, 7) is 0. The second-order valence-electron chi connectivity index (χ2n) is 7.33. The zero-order valence-electron chi connectivity index (χ0n) is 16.5. The van der Waals surface area contributed by atoms with Crippen LogP contribution in [0.15, 0.2) is 106 Å². The molecule has 1 aromatic heterocycles. The van der Waals surface area contributed by atoms with E-state index in [0.29, 0.717) is 27.5 Å². The molecule has 0 saturated heterocycles. The molecule has 0 atom stereocenters. The lowest BCUT2D eigenvalue weighted by atomic mass is 10.0. The van der Waals surface area contributed by atoms with Gasteiger partial charge in [-0.3, -0.25) is 4.79 Å². The van der Waals surface area contributed by atoms with E-state index in [1.165, 1.54) is 0 Å². The quantitative estimate of drug-likeness (QED) is 0.334. The molecule has 0 N–H and O–H groups in total. The van der Waals surface area contributed by atoms with E-state index in [1.54, 1.807) is 60.7 Å². The molecule has 0 fully saturated rings. The Morgan fingerprint density at radius 3 is 2.16 bits per heavy atom. The van der Waals surface area contributed by atoms with Crippen LogP contribution in [0.2, 0.25) is 0 Å². The average molecular weight is 426 g/mol. The molecule has 5 rings (SSSR count). The van der Waals surface area contributed by atoms with Gasteiger partial charge in [0.2, 0.25) is 0 Å². The normalized spacial score (nSPS) is 11.7. The molecular formula is C26H18O4S. The summed E-state index contributed by atoms with van der Waals surface area (Å²) < 4.78 is 32.8. The molecule has 0 radical (unpaired) electrons. The van der Waals surface area contributed by atoms with Gasteiger partial charge < -0.3 is 4.42 Å². The minimum absolute atomic E-state index is 0.156. The summed E-state index contributed by atoms with van der Waals surface area (Å²) in [5, 5.41) is 2.10. The summed E-state index contributed by atoms with van der Waals surface area (Å²) in [7, 11) is -3.77.